The molecular formula is C17H24N2O3. The van der Waals surface area contributed by atoms with Gasteiger partial charge in [-0.15, -0.1) is 0 Å². The van der Waals surface area contributed by atoms with Gasteiger partial charge in [-0.1, -0.05) is 24.3 Å². The Bertz CT molecular complexity index is 524. The number of carbonyl (C=O) groups is 1. The largest absolute Gasteiger partial charge is 0.486 e. The van der Waals surface area contributed by atoms with Crippen molar-refractivity contribution in [2.45, 2.75) is 26.4 Å². The Kier molecular flexibility index (Phi) is 5.83. The summed E-state index contributed by atoms with van der Waals surface area (Å²) in [5, 5.41) is 2.92. The average Bonchev–Trinajstić information content (AvgIpc) is 2.99. The van der Waals surface area contributed by atoms with Crippen molar-refractivity contribution >= 4 is 11.7 Å². The van der Waals surface area contributed by atoms with Crippen LogP contribution in [-0.4, -0.2) is 43.3 Å². The molecule has 1 N–H and O–H groups in total. The van der Waals surface area contributed by atoms with Gasteiger partial charge in [0.1, 0.15) is 11.9 Å². The Hall–Kier alpha value is -2.01. The van der Waals surface area contributed by atoms with Gasteiger partial charge in [0.15, 0.2) is 0 Å². The van der Waals surface area contributed by atoms with Gasteiger partial charge in [-0.05, 0) is 26.0 Å². The van der Waals surface area contributed by atoms with Gasteiger partial charge in [0.05, 0.1) is 18.9 Å². The highest BCUT2D eigenvalue weighted by Gasteiger charge is 2.20. The minimum Gasteiger partial charge on any atom is -0.486 e. The smallest absolute Gasteiger partial charge is 0.322 e. The van der Waals surface area contributed by atoms with Crippen molar-refractivity contribution < 1.29 is 14.3 Å². The summed E-state index contributed by atoms with van der Waals surface area (Å²) >= 11 is 0. The number of urea groups is 1. The van der Waals surface area contributed by atoms with Gasteiger partial charge in [-0.3, -0.25) is 0 Å². The van der Waals surface area contributed by atoms with Crippen LogP contribution in [0.5, 0.6) is 5.75 Å². The van der Waals surface area contributed by atoms with Gasteiger partial charge >= 0.3 is 6.03 Å². The summed E-state index contributed by atoms with van der Waals surface area (Å²) < 4.78 is 11.2. The molecule has 5 heteroatoms. The number of nitrogens with one attached hydrogen (secondary N) is 1. The Morgan fingerprint density at radius 1 is 1.50 bits per heavy atom. The molecule has 120 valence electrons. The van der Waals surface area contributed by atoms with Crippen LogP contribution in [0.3, 0.4) is 0 Å². The van der Waals surface area contributed by atoms with Crippen LogP contribution in [0.2, 0.25) is 0 Å². The number of rotatable bonds is 6. The minimum absolute atomic E-state index is 0.0516. The third-order valence-corrected chi connectivity index (χ3v) is 3.44. The van der Waals surface area contributed by atoms with E-state index in [0.29, 0.717) is 31.1 Å². The molecule has 2 rings (SSSR count). The van der Waals surface area contributed by atoms with Gasteiger partial charge in [-0.2, -0.15) is 0 Å². The third-order valence-electron chi connectivity index (χ3n) is 3.44. The SMILES string of the molecule is C=C(C)CN(CC)C(=O)Nc1ccccc1O[C@H]1CCOC1. The normalized spacial score (nSPS) is 17.1. The molecular weight excluding hydrogens is 280 g/mol. The zero-order chi connectivity index (χ0) is 15.9. The highest BCUT2D eigenvalue weighted by atomic mass is 16.5. The van der Waals surface area contributed by atoms with Crippen LogP contribution in [-0.2, 0) is 4.74 Å². The number of para-hydroxylation sites is 2. The molecule has 1 heterocycles. The van der Waals surface area contributed by atoms with Crippen LogP contribution in [0.4, 0.5) is 10.5 Å². The number of hydrogen-bond donors (Lipinski definition) is 1. The number of ether oxygens (including phenoxy) is 2. The van der Waals surface area contributed by atoms with E-state index in [9.17, 15) is 4.79 Å². The van der Waals surface area contributed by atoms with Crippen molar-refractivity contribution in [3.63, 3.8) is 0 Å². The van der Waals surface area contributed by atoms with Gasteiger partial charge in [-0.25, -0.2) is 4.79 Å². The van der Waals surface area contributed by atoms with E-state index in [2.05, 4.69) is 11.9 Å². The number of nitrogens with zero attached hydrogens (tertiary/aromatic N) is 1. The predicted molar refractivity (Wildman–Crippen MR) is 87.4 cm³/mol. The number of benzene rings is 1. The lowest BCUT2D eigenvalue weighted by Crippen LogP contribution is -2.36. The van der Waals surface area contributed by atoms with Crippen molar-refractivity contribution in [2.75, 3.05) is 31.6 Å². The van der Waals surface area contributed by atoms with Crippen LogP contribution in [0.15, 0.2) is 36.4 Å². The fourth-order valence-corrected chi connectivity index (χ4v) is 2.31. The molecule has 1 aromatic carbocycles. The molecule has 0 bridgehead atoms. The van der Waals surface area contributed by atoms with Gasteiger partial charge in [0.2, 0.25) is 0 Å². The summed E-state index contributed by atoms with van der Waals surface area (Å²) in [5.41, 5.74) is 1.63. The summed E-state index contributed by atoms with van der Waals surface area (Å²) in [4.78, 5) is 14.1. The zero-order valence-electron chi connectivity index (χ0n) is 13.3. The van der Waals surface area contributed by atoms with E-state index in [1.807, 2.05) is 38.1 Å². The first-order valence-corrected chi connectivity index (χ1v) is 7.64. The number of amides is 2. The second-order valence-corrected chi connectivity index (χ2v) is 5.50. The molecule has 1 aliphatic heterocycles. The number of carbonyl (C=O) groups excluding carboxylic acids is 1. The van der Waals surface area contributed by atoms with Crippen LogP contribution in [0.1, 0.15) is 20.3 Å². The fourth-order valence-electron chi connectivity index (χ4n) is 2.31. The van der Waals surface area contributed by atoms with E-state index in [-0.39, 0.29) is 12.1 Å². The summed E-state index contributed by atoms with van der Waals surface area (Å²) in [5.74, 6) is 0.678. The number of likely N-dealkylation sites (N-methyl/N-ethyl adjacent to an activating group) is 1. The summed E-state index contributed by atoms with van der Waals surface area (Å²) in [7, 11) is 0. The van der Waals surface area contributed by atoms with Crippen LogP contribution in [0, 0.1) is 0 Å². The maximum absolute atomic E-state index is 12.4. The van der Waals surface area contributed by atoms with Crippen molar-refractivity contribution in [3.05, 3.63) is 36.4 Å². The van der Waals surface area contributed by atoms with Crippen LogP contribution >= 0.6 is 0 Å². The first kappa shape index (κ1) is 16.4. The van der Waals surface area contributed by atoms with Crippen molar-refractivity contribution in [1.29, 1.82) is 0 Å². The molecule has 0 aliphatic carbocycles. The molecule has 1 saturated heterocycles. The Balaban J connectivity index is 2.04. The highest BCUT2D eigenvalue weighted by molar-refractivity contribution is 5.91. The lowest BCUT2D eigenvalue weighted by atomic mass is 10.2. The van der Waals surface area contributed by atoms with Crippen molar-refractivity contribution in [3.8, 4) is 5.75 Å². The molecule has 5 nitrogen and oxygen atoms in total. The lowest BCUT2D eigenvalue weighted by Gasteiger charge is -2.23. The average molecular weight is 304 g/mol. The van der Waals surface area contributed by atoms with Gasteiger partial charge in [0.25, 0.3) is 0 Å². The standard InChI is InChI=1S/C17H24N2O3/c1-4-19(11-13(2)3)17(20)18-15-7-5-6-8-16(15)22-14-9-10-21-12-14/h5-8,14H,2,4,9-12H2,1,3H3,(H,18,20)/t14-/m0/s1. The number of hydrogen-bond acceptors (Lipinski definition) is 3. The van der Waals surface area contributed by atoms with E-state index in [1.54, 1.807) is 4.90 Å². The molecule has 0 radical (unpaired) electrons. The van der Waals surface area contributed by atoms with E-state index in [0.717, 1.165) is 18.6 Å². The van der Waals surface area contributed by atoms with E-state index >= 15 is 0 Å². The topological polar surface area (TPSA) is 50.8 Å². The van der Waals surface area contributed by atoms with E-state index < -0.39 is 0 Å². The van der Waals surface area contributed by atoms with Gasteiger partial charge in [0, 0.05) is 19.5 Å². The molecule has 0 unspecified atom stereocenters. The molecule has 0 spiro atoms. The van der Waals surface area contributed by atoms with Crippen molar-refractivity contribution in [2.24, 2.45) is 0 Å². The molecule has 22 heavy (non-hydrogen) atoms. The quantitative estimate of drug-likeness (QED) is 0.821. The minimum atomic E-state index is -0.149. The predicted octanol–water partition coefficient (Wildman–Crippen LogP) is 3.28. The maximum Gasteiger partial charge on any atom is 0.322 e. The Morgan fingerprint density at radius 3 is 2.91 bits per heavy atom. The molecule has 1 aliphatic rings. The molecule has 2 amide bonds. The Labute approximate surface area is 131 Å². The first-order valence-electron chi connectivity index (χ1n) is 7.64. The second kappa shape index (κ2) is 7.84. The molecule has 1 aromatic rings. The summed E-state index contributed by atoms with van der Waals surface area (Å²) in [6.45, 7) is 10.2. The summed E-state index contributed by atoms with van der Waals surface area (Å²) in [6.07, 6.45) is 0.926. The molecule has 0 aromatic heterocycles. The van der Waals surface area contributed by atoms with E-state index in [1.165, 1.54) is 0 Å². The Morgan fingerprint density at radius 2 is 2.27 bits per heavy atom. The van der Waals surface area contributed by atoms with E-state index in [4.69, 9.17) is 9.47 Å². The maximum atomic E-state index is 12.4. The fraction of sp³-hybridized carbons (Fsp3) is 0.471. The molecule has 1 atom stereocenters. The monoisotopic (exact) mass is 304 g/mol. The van der Waals surface area contributed by atoms with Gasteiger partial charge < -0.3 is 19.7 Å². The summed E-state index contributed by atoms with van der Waals surface area (Å²) in [6, 6.07) is 7.33. The first-order chi connectivity index (χ1) is 10.6. The molecule has 0 saturated carbocycles. The highest BCUT2D eigenvalue weighted by Crippen LogP contribution is 2.26. The number of anilines is 1. The second-order valence-electron chi connectivity index (χ2n) is 5.50. The molecule has 1 fully saturated rings. The lowest BCUT2D eigenvalue weighted by molar-refractivity contribution is 0.142. The third kappa shape index (κ3) is 4.49. The zero-order valence-corrected chi connectivity index (χ0v) is 13.3. The van der Waals surface area contributed by atoms with Crippen LogP contribution in [0.25, 0.3) is 0 Å². The van der Waals surface area contributed by atoms with Crippen LogP contribution < -0.4 is 10.1 Å². The van der Waals surface area contributed by atoms with Crippen molar-refractivity contribution in [1.82, 2.24) is 4.90 Å².